The Balaban J connectivity index is 1.62. The fourth-order valence-corrected chi connectivity index (χ4v) is 2.97. The minimum Gasteiger partial charge on any atom is -0.316 e. The Morgan fingerprint density at radius 1 is 1.67 bits per heavy atom. The summed E-state index contributed by atoms with van der Waals surface area (Å²) in [4.78, 5) is 5.44. The van der Waals surface area contributed by atoms with Gasteiger partial charge in [0.05, 0.1) is 5.51 Å². The van der Waals surface area contributed by atoms with Crippen LogP contribution in [0.25, 0.3) is 0 Å². The van der Waals surface area contributed by atoms with Crippen molar-refractivity contribution in [1.82, 2.24) is 10.3 Å². The van der Waals surface area contributed by atoms with Gasteiger partial charge in [-0.15, -0.1) is 11.3 Å². The molecule has 0 bridgehead atoms. The van der Waals surface area contributed by atoms with E-state index in [1.54, 1.807) is 11.3 Å². The number of thiazole rings is 1. The predicted molar refractivity (Wildman–Crippen MR) is 54.6 cm³/mol. The Bertz CT molecular complexity index is 219. The summed E-state index contributed by atoms with van der Waals surface area (Å²) in [7, 11) is 0. The molecule has 12 heavy (non-hydrogen) atoms. The van der Waals surface area contributed by atoms with Gasteiger partial charge in [-0.3, -0.25) is 4.98 Å². The van der Waals surface area contributed by atoms with Crippen LogP contribution in [0.4, 0.5) is 0 Å². The van der Waals surface area contributed by atoms with E-state index in [0.29, 0.717) is 0 Å². The highest BCUT2D eigenvalue weighted by Gasteiger charge is 2.15. The first-order valence-corrected chi connectivity index (χ1v) is 6.14. The lowest BCUT2D eigenvalue weighted by molar-refractivity contribution is 0.385. The van der Waals surface area contributed by atoms with Crippen LogP contribution in [0.1, 0.15) is 4.88 Å². The number of hydrogen-bond acceptors (Lipinski definition) is 4. The average molecular weight is 200 g/mol. The van der Waals surface area contributed by atoms with Gasteiger partial charge in [-0.05, 0) is 24.8 Å². The van der Waals surface area contributed by atoms with Gasteiger partial charge in [-0.2, -0.15) is 11.8 Å². The lowest BCUT2D eigenvalue weighted by atomic mass is 10.1. The van der Waals surface area contributed by atoms with Crippen molar-refractivity contribution in [3.05, 3.63) is 16.6 Å². The van der Waals surface area contributed by atoms with Crippen LogP contribution in [-0.4, -0.2) is 23.8 Å². The normalized spacial score (nSPS) is 17.7. The van der Waals surface area contributed by atoms with Gasteiger partial charge in [0.15, 0.2) is 0 Å². The second-order valence-corrected chi connectivity index (χ2v) is 5.01. The number of rotatable bonds is 4. The smallest absolute Gasteiger partial charge is 0.0794 e. The number of aromatic nitrogens is 1. The van der Waals surface area contributed by atoms with E-state index >= 15 is 0 Å². The van der Waals surface area contributed by atoms with Crippen LogP contribution in [0.5, 0.6) is 0 Å². The van der Waals surface area contributed by atoms with Gasteiger partial charge in [0, 0.05) is 16.8 Å². The monoisotopic (exact) mass is 200 g/mol. The Morgan fingerprint density at radius 3 is 3.17 bits per heavy atom. The summed E-state index contributed by atoms with van der Waals surface area (Å²) in [6.45, 7) is 2.44. The van der Waals surface area contributed by atoms with Crippen LogP contribution < -0.4 is 5.32 Å². The minimum absolute atomic E-state index is 0.919. The second-order valence-electron chi connectivity index (χ2n) is 3.01. The molecule has 2 heterocycles. The van der Waals surface area contributed by atoms with E-state index in [2.05, 4.69) is 10.3 Å². The molecule has 66 valence electrons. The van der Waals surface area contributed by atoms with Gasteiger partial charge in [-0.25, -0.2) is 0 Å². The molecule has 1 aliphatic rings. The Kier molecular flexibility index (Phi) is 3.03. The molecule has 0 atom stereocenters. The maximum absolute atomic E-state index is 4.05. The molecule has 1 aliphatic heterocycles. The van der Waals surface area contributed by atoms with Crippen LogP contribution in [0, 0.1) is 5.92 Å². The number of nitrogens with one attached hydrogen (secondary N) is 1. The van der Waals surface area contributed by atoms with Crippen LogP contribution in [0.2, 0.25) is 0 Å². The SMILES string of the molecule is c1ncc(CSCC2CNC2)s1. The van der Waals surface area contributed by atoms with E-state index in [-0.39, 0.29) is 0 Å². The first-order valence-electron chi connectivity index (χ1n) is 4.11. The molecule has 1 aromatic heterocycles. The third kappa shape index (κ3) is 2.21. The predicted octanol–water partition coefficient (Wildman–Crippen LogP) is 1.60. The molecule has 0 radical (unpaired) electrons. The van der Waals surface area contributed by atoms with Crippen molar-refractivity contribution in [3.63, 3.8) is 0 Å². The van der Waals surface area contributed by atoms with Gasteiger partial charge in [0.2, 0.25) is 0 Å². The first-order chi connectivity index (χ1) is 5.95. The van der Waals surface area contributed by atoms with Crippen molar-refractivity contribution >= 4 is 23.1 Å². The van der Waals surface area contributed by atoms with Crippen LogP contribution >= 0.6 is 23.1 Å². The Hall–Kier alpha value is -0.0600. The van der Waals surface area contributed by atoms with E-state index in [0.717, 1.165) is 11.7 Å². The fourth-order valence-electron chi connectivity index (χ4n) is 1.11. The maximum Gasteiger partial charge on any atom is 0.0794 e. The van der Waals surface area contributed by atoms with Crippen molar-refractivity contribution in [3.8, 4) is 0 Å². The number of hydrogen-bond donors (Lipinski definition) is 1. The van der Waals surface area contributed by atoms with Crippen LogP contribution in [0.15, 0.2) is 11.7 Å². The zero-order valence-corrected chi connectivity index (χ0v) is 8.46. The van der Waals surface area contributed by atoms with Crippen molar-refractivity contribution in [2.75, 3.05) is 18.8 Å². The topological polar surface area (TPSA) is 24.9 Å². The summed E-state index contributed by atoms with van der Waals surface area (Å²) in [5, 5.41) is 3.28. The highest BCUT2D eigenvalue weighted by Crippen LogP contribution is 2.19. The molecule has 0 aliphatic carbocycles. The van der Waals surface area contributed by atoms with Gasteiger partial charge >= 0.3 is 0 Å². The van der Waals surface area contributed by atoms with Crippen molar-refractivity contribution < 1.29 is 0 Å². The number of thioether (sulfide) groups is 1. The molecule has 0 aromatic carbocycles. The molecule has 2 nitrogen and oxygen atoms in total. The maximum atomic E-state index is 4.05. The Morgan fingerprint density at radius 2 is 2.58 bits per heavy atom. The standard InChI is InChI=1S/C8H12N2S2/c1-7(2-9-1)4-11-5-8-3-10-6-12-8/h3,6-7,9H,1-2,4-5H2. The highest BCUT2D eigenvalue weighted by atomic mass is 32.2. The molecule has 0 spiro atoms. The van der Waals surface area contributed by atoms with E-state index in [4.69, 9.17) is 0 Å². The zero-order valence-electron chi connectivity index (χ0n) is 6.82. The minimum atomic E-state index is 0.919. The fraction of sp³-hybridized carbons (Fsp3) is 0.625. The van der Waals surface area contributed by atoms with E-state index in [1.165, 1.54) is 23.7 Å². The van der Waals surface area contributed by atoms with E-state index in [9.17, 15) is 0 Å². The molecule has 1 N–H and O–H groups in total. The number of nitrogens with zero attached hydrogens (tertiary/aromatic N) is 1. The molecule has 0 amide bonds. The summed E-state index contributed by atoms with van der Waals surface area (Å²) in [5.74, 6) is 3.36. The highest BCUT2D eigenvalue weighted by molar-refractivity contribution is 7.98. The van der Waals surface area contributed by atoms with E-state index in [1.807, 2.05) is 23.5 Å². The van der Waals surface area contributed by atoms with Gasteiger partial charge in [0.1, 0.15) is 0 Å². The summed E-state index contributed by atoms with van der Waals surface area (Å²) in [6, 6.07) is 0. The molecule has 0 saturated carbocycles. The molecular weight excluding hydrogens is 188 g/mol. The molecule has 1 fully saturated rings. The van der Waals surface area contributed by atoms with Crippen molar-refractivity contribution in [2.45, 2.75) is 5.75 Å². The summed E-state index contributed by atoms with van der Waals surface area (Å²) >= 11 is 3.78. The Labute approximate surface area is 80.8 Å². The molecule has 0 unspecified atom stereocenters. The van der Waals surface area contributed by atoms with Crippen molar-refractivity contribution in [1.29, 1.82) is 0 Å². The quantitative estimate of drug-likeness (QED) is 0.799. The largest absolute Gasteiger partial charge is 0.316 e. The van der Waals surface area contributed by atoms with Crippen molar-refractivity contribution in [2.24, 2.45) is 5.92 Å². The van der Waals surface area contributed by atoms with Gasteiger partial charge in [-0.1, -0.05) is 0 Å². The summed E-state index contributed by atoms with van der Waals surface area (Å²) < 4.78 is 0. The molecule has 4 heteroatoms. The molecule has 2 rings (SSSR count). The van der Waals surface area contributed by atoms with Crippen LogP contribution in [0.3, 0.4) is 0 Å². The summed E-state index contributed by atoms with van der Waals surface area (Å²) in [5.41, 5.74) is 1.90. The lowest BCUT2D eigenvalue weighted by Crippen LogP contribution is -2.43. The lowest BCUT2D eigenvalue weighted by Gasteiger charge is -2.26. The van der Waals surface area contributed by atoms with E-state index < -0.39 is 0 Å². The first kappa shape index (κ1) is 8.53. The van der Waals surface area contributed by atoms with Gasteiger partial charge < -0.3 is 5.32 Å². The molecule has 1 saturated heterocycles. The van der Waals surface area contributed by atoms with Crippen LogP contribution in [-0.2, 0) is 5.75 Å². The average Bonchev–Trinajstić information content (AvgIpc) is 2.46. The van der Waals surface area contributed by atoms with Gasteiger partial charge in [0.25, 0.3) is 0 Å². The third-order valence-corrected chi connectivity index (χ3v) is 4.13. The third-order valence-electron chi connectivity index (χ3n) is 1.95. The molecular formula is C8H12N2S2. The molecule has 1 aromatic rings. The second kappa shape index (κ2) is 4.25. The summed E-state index contributed by atoms with van der Waals surface area (Å²) in [6.07, 6.45) is 1.97. The zero-order chi connectivity index (χ0) is 8.23.